The Balaban J connectivity index is 3.62. The third-order valence-electron chi connectivity index (χ3n) is 0.560. The first-order chi connectivity index (χ1) is 3.72. The lowest BCUT2D eigenvalue weighted by Gasteiger charge is -1.92. The van der Waals surface area contributed by atoms with Gasteiger partial charge in [-0.05, 0) is 0 Å². The lowest BCUT2D eigenvalue weighted by molar-refractivity contribution is -0.129. The molecule has 0 radical (unpaired) electrons. The van der Waals surface area contributed by atoms with Crippen molar-refractivity contribution in [3.8, 4) is 0 Å². The van der Waals surface area contributed by atoms with E-state index in [0.717, 1.165) is 0 Å². The molecule has 0 saturated heterocycles. The predicted octanol–water partition coefficient (Wildman–Crippen LogP) is 0.601. The van der Waals surface area contributed by atoms with Gasteiger partial charge in [-0.2, -0.15) is 0 Å². The van der Waals surface area contributed by atoms with E-state index in [-0.39, 0.29) is 12.2 Å². The molecule has 0 spiro atoms. The minimum absolute atomic E-state index is 0.0148. The molecule has 8 heavy (non-hydrogen) atoms. The van der Waals surface area contributed by atoms with Gasteiger partial charge in [-0.1, -0.05) is 0 Å². The van der Waals surface area contributed by atoms with Gasteiger partial charge in [-0.3, -0.25) is 9.59 Å². The number of aldehydes is 1. The van der Waals surface area contributed by atoms with Crippen molar-refractivity contribution in [2.75, 3.05) is 5.88 Å². The molecule has 0 bridgehead atoms. The summed E-state index contributed by atoms with van der Waals surface area (Å²) in [5.74, 6) is -0.680. The smallest absolute Gasteiger partial charge is 0.214 e. The van der Waals surface area contributed by atoms with Gasteiger partial charge < -0.3 is 0 Å². The quantitative estimate of drug-likeness (QED) is 0.339. The van der Waals surface area contributed by atoms with E-state index in [9.17, 15) is 9.59 Å². The Bertz CT molecular complexity index is 102. The van der Waals surface area contributed by atoms with Gasteiger partial charge in [0.2, 0.25) is 5.78 Å². The maximum Gasteiger partial charge on any atom is 0.214 e. The molecule has 0 N–H and O–H groups in total. The highest BCUT2D eigenvalue weighted by atomic mass is 35.5. The minimum Gasteiger partial charge on any atom is -0.295 e. The Morgan fingerprint density at radius 3 is 2.38 bits per heavy atom. The third kappa shape index (κ3) is 2.28. The summed E-state index contributed by atoms with van der Waals surface area (Å²) in [4.78, 5) is 19.8. The molecular formula is C4H4Cl2O2. The summed E-state index contributed by atoms with van der Waals surface area (Å²) in [5.41, 5.74) is 0. The first kappa shape index (κ1) is 7.92. The van der Waals surface area contributed by atoms with Gasteiger partial charge in [0.25, 0.3) is 0 Å². The van der Waals surface area contributed by atoms with Crippen LogP contribution in [-0.4, -0.2) is 23.3 Å². The van der Waals surface area contributed by atoms with Crippen molar-refractivity contribution >= 4 is 35.3 Å². The minimum atomic E-state index is -0.853. The van der Waals surface area contributed by atoms with Gasteiger partial charge in [0.1, 0.15) is 5.38 Å². The van der Waals surface area contributed by atoms with E-state index < -0.39 is 11.2 Å². The molecule has 0 aliphatic rings. The molecule has 1 atom stereocenters. The number of alkyl halides is 2. The van der Waals surface area contributed by atoms with E-state index >= 15 is 0 Å². The van der Waals surface area contributed by atoms with Crippen LogP contribution in [0.2, 0.25) is 0 Å². The highest BCUT2D eigenvalue weighted by Crippen LogP contribution is 1.97. The summed E-state index contributed by atoms with van der Waals surface area (Å²) in [6.45, 7) is 0. The number of hydrogen-bond donors (Lipinski definition) is 0. The first-order valence-electron chi connectivity index (χ1n) is 1.91. The maximum absolute atomic E-state index is 10.2. The molecule has 0 aliphatic carbocycles. The number of rotatable bonds is 3. The highest BCUT2D eigenvalue weighted by Gasteiger charge is 2.10. The van der Waals surface area contributed by atoms with Crippen LogP contribution in [0.25, 0.3) is 0 Å². The molecule has 0 aliphatic heterocycles. The monoisotopic (exact) mass is 154 g/mol. The zero-order chi connectivity index (χ0) is 6.57. The molecular weight excluding hydrogens is 151 g/mol. The van der Waals surface area contributed by atoms with E-state index in [1.807, 2.05) is 0 Å². The van der Waals surface area contributed by atoms with E-state index in [4.69, 9.17) is 23.2 Å². The number of Topliss-reactive ketones (excluding diaryl/α,β-unsaturated/α-hetero) is 1. The Morgan fingerprint density at radius 1 is 1.75 bits per heavy atom. The van der Waals surface area contributed by atoms with E-state index in [2.05, 4.69) is 0 Å². The van der Waals surface area contributed by atoms with E-state index in [1.54, 1.807) is 0 Å². The number of carbonyl (C=O) groups excluding carboxylic acids is 2. The van der Waals surface area contributed by atoms with E-state index in [0.29, 0.717) is 0 Å². The first-order valence-corrected chi connectivity index (χ1v) is 2.88. The number of carbonyl (C=O) groups is 2. The summed E-state index contributed by atoms with van der Waals surface area (Å²) in [5, 5.41) is -0.853. The Kier molecular flexibility index (Phi) is 3.83. The van der Waals surface area contributed by atoms with Crippen molar-refractivity contribution in [1.29, 1.82) is 0 Å². The lowest BCUT2D eigenvalue weighted by Crippen LogP contribution is -2.16. The molecule has 4 heteroatoms. The van der Waals surface area contributed by atoms with Crippen LogP contribution in [0.1, 0.15) is 0 Å². The fraction of sp³-hybridized carbons (Fsp3) is 0.500. The fourth-order valence-electron chi connectivity index (χ4n) is 0.150. The van der Waals surface area contributed by atoms with Gasteiger partial charge in [0, 0.05) is 5.88 Å². The fourth-order valence-corrected chi connectivity index (χ4v) is 0.353. The molecule has 0 aromatic heterocycles. The van der Waals surface area contributed by atoms with Crippen LogP contribution in [-0.2, 0) is 9.59 Å². The summed E-state index contributed by atoms with van der Waals surface area (Å²) < 4.78 is 0. The van der Waals surface area contributed by atoms with Crippen LogP contribution in [0, 0.1) is 0 Å². The standard InChI is InChI=1S/C4H4Cl2O2/c5-1-3(6)4(8)2-7/h2-3H,1H2. The largest absolute Gasteiger partial charge is 0.295 e. The summed E-state index contributed by atoms with van der Waals surface area (Å²) in [7, 11) is 0. The molecule has 46 valence electrons. The average Bonchev–Trinajstić information content (AvgIpc) is 1.84. The van der Waals surface area contributed by atoms with Crippen LogP contribution < -0.4 is 0 Å². The highest BCUT2D eigenvalue weighted by molar-refractivity contribution is 6.46. The molecule has 0 saturated carbocycles. The third-order valence-corrected chi connectivity index (χ3v) is 1.40. The van der Waals surface area contributed by atoms with Gasteiger partial charge in [0.15, 0.2) is 6.29 Å². The van der Waals surface area contributed by atoms with Crippen LogP contribution in [0.4, 0.5) is 0 Å². The van der Waals surface area contributed by atoms with E-state index in [1.165, 1.54) is 0 Å². The van der Waals surface area contributed by atoms with Gasteiger partial charge >= 0.3 is 0 Å². The van der Waals surface area contributed by atoms with Crippen molar-refractivity contribution in [1.82, 2.24) is 0 Å². The number of halogens is 2. The second-order valence-electron chi connectivity index (χ2n) is 1.14. The molecule has 0 fully saturated rings. The Morgan fingerprint density at radius 2 is 2.25 bits per heavy atom. The number of ketones is 1. The van der Waals surface area contributed by atoms with Crippen LogP contribution in [0.5, 0.6) is 0 Å². The summed E-state index contributed by atoms with van der Waals surface area (Å²) in [6, 6.07) is 0. The zero-order valence-corrected chi connectivity index (χ0v) is 5.45. The van der Waals surface area contributed by atoms with Crippen LogP contribution in [0.3, 0.4) is 0 Å². The summed E-state index contributed by atoms with van der Waals surface area (Å²) in [6.07, 6.45) is 0.167. The van der Waals surface area contributed by atoms with Crippen molar-refractivity contribution in [3.63, 3.8) is 0 Å². The molecule has 0 aromatic rings. The van der Waals surface area contributed by atoms with Crippen molar-refractivity contribution in [2.45, 2.75) is 5.38 Å². The molecule has 0 rings (SSSR count). The topological polar surface area (TPSA) is 34.1 Å². The van der Waals surface area contributed by atoms with Crippen LogP contribution >= 0.6 is 23.2 Å². The average molecular weight is 155 g/mol. The molecule has 0 heterocycles. The molecule has 0 amide bonds. The van der Waals surface area contributed by atoms with Gasteiger partial charge in [-0.25, -0.2) is 0 Å². The van der Waals surface area contributed by atoms with Crippen LogP contribution in [0.15, 0.2) is 0 Å². The van der Waals surface area contributed by atoms with Gasteiger partial charge in [0.05, 0.1) is 0 Å². The van der Waals surface area contributed by atoms with Gasteiger partial charge in [-0.15, -0.1) is 23.2 Å². The van der Waals surface area contributed by atoms with Crippen molar-refractivity contribution in [3.05, 3.63) is 0 Å². The predicted molar refractivity (Wildman–Crippen MR) is 31.4 cm³/mol. The molecule has 2 nitrogen and oxygen atoms in total. The zero-order valence-electron chi connectivity index (χ0n) is 3.93. The second kappa shape index (κ2) is 3.87. The Hall–Kier alpha value is -0.0800. The second-order valence-corrected chi connectivity index (χ2v) is 1.98. The van der Waals surface area contributed by atoms with Crippen molar-refractivity contribution in [2.24, 2.45) is 0 Å². The lowest BCUT2D eigenvalue weighted by atomic mass is 10.3. The molecule has 1 unspecified atom stereocenters. The normalized spacial score (nSPS) is 12.8. The molecule has 0 aromatic carbocycles. The SMILES string of the molecule is O=CC(=O)C(Cl)CCl. The van der Waals surface area contributed by atoms with Crippen molar-refractivity contribution < 1.29 is 9.59 Å². The number of hydrogen-bond acceptors (Lipinski definition) is 2. The Labute approximate surface area is 56.8 Å². The summed E-state index contributed by atoms with van der Waals surface area (Å²) >= 11 is 10.3. The maximum atomic E-state index is 10.2.